The summed E-state index contributed by atoms with van der Waals surface area (Å²) in [4.78, 5) is 2.33. The summed E-state index contributed by atoms with van der Waals surface area (Å²) in [6, 6.07) is 87.4. The molecule has 10 rings (SSSR count). The Labute approximate surface area is 365 Å². The zero-order valence-corrected chi connectivity index (χ0v) is 34.5. The molecule has 0 bridgehead atoms. The van der Waals surface area contributed by atoms with Crippen molar-refractivity contribution in [2.75, 3.05) is 4.90 Å². The van der Waals surface area contributed by atoms with E-state index in [1.807, 2.05) is 6.08 Å². The molecular formula is C61H45N. The number of hydrogen-bond acceptors (Lipinski definition) is 1. The predicted octanol–water partition coefficient (Wildman–Crippen LogP) is 16.0. The lowest BCUT2D eigenvalue weighted by Crippen LogP contribution is -2.29. The van der Waals surface area contributed by atoms with Crippen LogP contribution < -0.4 is 4.90 Å². The Morgan fingerprint density at radius 3 is 1.32 bits per heavy atom. The first-order valence-corrected chi connectivity index (χ1v) is 21.3. The van der Waals surface area contributed by atoms with E-state index >= 15 is 0 Å². The van der Waals surface area contributed by atoms with E-state index in [-0.39, 0.29) is 0 Å². The molecule has 294 valence electrons. The smallest absolute Gasteiger partial charge is 0.0714 e. The molecule has 62 heavy (non-hydrogen) atoms. The minimum absolute atomic E-state index is 0.576. The van der Waals surface area contributed by atoms with Crippen LogP contribution in [0.5, 0.6) is 0 Å². The molecule has 0 N–H and O–H groups in total. The topological polar surface area (TPSA) is 3.24 Å². The van der Waals surface area contributed by atoms with E-state index in [0.717, 1.165) is 28.1 Å². The van der Waals surface area contributed by atoms with Crippen LogP contribution in [0, 0.1) is 0 Å². The lowest BCUT2D eigenvalue weighted by molar-refractivity contribution is 0.761. The maximum Gasteiger partial charge on any atom is 0.0714 e. The molecule has 1 aliphatic carbocycles. The lowest BCUT2D eigenvalue weighted by atomic mass is 9.67. The molecule has 1 heteroatoms. The fraction of sp³-hybridized carbons (Fsp3) is 0.0164. The number of allylic oxidation sites excluding steroid dienone is 4. The van der Waals surface area contributed by atoms with Gasteiger partial charge in [-0.05, 0) is 108 Å². The zero-order chi connectivity index (χ0) is 41.7. The molecule has 0 aromatic heterocycles. The van der Waals surface area contributed by atoms with Crippen LogP contribution in [0.4, 0.5) is 11.4 Å². The second kappa shape index (κ2) is 16.9. The molecule has 0 aliphatic heterocycles. The summed E-state index contributed by atoms with van der Waals surface area (Å²) in [6.07, 6.45) is 6.64. The number of rotatable bonds is 11. The number of fused-ring (bicyclic) bond motifs is 1. The van der Waals surface area contributed by atoms with Crippen LogP contribution in [0.3, 0.4) is 0 Å². The number of anilines is 2. The monoisotopic (exact) mass is 791 g/mol. The summed E-state index contributed by atoms with van der Waals surface area (Å²) in [7, 11) is 0. The zero-order valence-electron chi connectivity index (χ0n) is 34.5. The SMILES string of the molecule is C=CC1=C(/C=C/N(c2ccc(-c3ccccc3)cc2)c2ccc(-c3ccc(-c4ccccc4)cc3)c(-c3ccccc3)c2)C(c2ccccc2)(c2ccccc2)c2ccccc21. The van der Waals surface area contributed by atoms with Crippen molar-refractivity contribution in [3.05, 3.63) is 295 Å². The largest absolute Gasteiger partial charge is 0.317 e. The average Bonchev–Trinajstić information content (AvgIpc) is 3.65. The van der Waals surface area contributed by atoms with E-state index in [1.54, 1.807) is 0 Å². The third kappa shape index (κ3) is 7.00. The molecule has 0 atom stereocenters. The average molecular weight is 792 g/mol. The van der Waals surface area contributed by atoms with Crippen LogP contribution in [-0.4, -0.2) is 0 Å². The molecule has 0 saturated carbocycles. The summed E-state index contributed by atoms with van der Waals surface area (Å²) in [5.41, 5.74) is 18.2. The Bertz CT molecular complexity index is 2980. The molecule has 0 radical (unpaired) electrons. The Kier molecular flexibility index (Phi) is 10.4. The van der Waals surface area contributed by atoms with Crippen LogP contribution in [0.15, 0.2) is 273 Å². The molecule has 0 fully saturated rings. The highest BCUT2D eigenvalue weighted by Gasteiger charge is 2.46. The fourth-order valence-electron chi connectivity index (χ4n) is 9.32. The van der Waals surface area contributed by atoms with Crippen molar-refractivity contribution in [3.8, 4) is 44.5 Å². The fourth-order valence-corrected chi connectivity index (χ4v) is 9.32. The van der Waals surface area contributed by atoms with Gasteiger partial charge in [0, 0.05) is 17.6 Å². The van der Waals surface area contributed by atoms with Crippen molar-refractivity contribution in [3.63, 3.8) is 0 Å². The van der Waals surface area contributed by atoms with Crippen molar-refractivity contribution < 1.29 is 0 Å². The molecule has 0 amide bonds. The predicted molar refractivity (Wildman–Crippen MR) is 262 cm³/mol. The van der Waals surface area contributed by atoms with Gasteiger partial charge < -0.3 is 4.90 Å². The Morgan fingerprint density at radius 1 is 0.355 bits per heavy atom. The first-order chi connectivity index (χ1) is 30.7. The highest BCUT2D eigenvalue weighted by atomic mass is 15.1. The number of benzene rings is 9. The van der Waals surface area contributed by atoms with Crippen LogP contribution >= 0.6 is 0 Å². The van der Waals surface area contributed by atoms with Crippen LogP contribution in [0.1, 0.15) is 22.3 Å². The van der Waals surface area contributed by atoms with Gasteiger partial charge in [0.15, 0.2) is 0 Å². The van der Waals surface area contributed by atoms with Crippen LogP contribution in [-0.2, 0) is 5.41 Å². The second-order valence-corrected chi connectivity index (χ2v) is 15.7. The van der Waals surface area contributed by atoms with Crippen molar-refractivity contribution in [1.82, 2.24) is 0 Å². The molecular weight excluding hydrogens is 747 g/mol. The van der Waals surface area contributed by atoms with Gasteiger partial charge in [0.1, 0.15) is 0 Å². The minimum Gasteiger partial charge on any atom is -0.317 e. The Balaban J connectivity index is 1.16. The Morgan fingerprint density at radius 2 is 0.774 bits per heavy atom. The van der Waals surface area contributed by atoms with Crippen molar-refractivity contribution in [1.29, 1.82) is 0 Å². The van der Waals surface area contributed by atoms with E-state index in [2.05, 4.69) is 266 Å². The molecule has 0 heterocycles. The molecule has 0 spiro atoms. The minimum atomic E-state index is -0.576. The molecule has 9 aromatic rings. The van der Waals surface area contributed by atoms with Crippen molar-refractivity contribution >= 4 is 16.9 Å². The van der Waals surface area contributed by atoms with E-state index in [4.69, 9.17) is 0 Å². The van der Waals surface area contributed by atoms with Crippen LogP contribution in [0.25, 0.3) is 50.1 Å². The quantitative estimate of drug-likeness (QED) is 0.126. The van der Waals surface area contributed by atoms with Crippen LogP contribution in [0.2, 0.25) is 0 Å². The molecule has 0 saturated heterocycles. The van der Waals surface area contributed by atoms with Gasteiger partial charge >= 0.3 is 0 Å². The molecule has 9 aromatic carbocycles. The van der Waals surface area contributed by atoms with E-state index in [0.29, 0.717) is 0 Å². The highest BCUT2D eigenvalue weighted by Crippen LogP contribution is 2.55. The Hall–Kier alpha value is -8.00. The van der Waals surface area contributed by atoms with E-state index in [1.165, 1.54) is 61.2 Å². The summed E-state index contributed by atoms with van der Waals surface area (Å²) in [5.74, 6) is 0. The first kappa shape index (κ1) is 38.2. The number of hydrogen-bond donors (Lipinski definition) is 0. The normalized spacial score (nSPS) is 12.9. The van der Waals surface area contributed by atoms with Gasteiger partial charge in [-0.3, -0.25) is 0 Å². The standard InChI is InChI=1S/C61H45N/c1-2-55-57-30-18-19-31-59(57)61(51-26-14-6-15-27-51,52-28-16-7-17-29-52)60(55)42-43-62(53-38-36-48(37-39-53)46-22-10-4-11-23-46)54-40-41-56(58(44-54)49-24-12-5-13-25-49)50-34-32-47(33-35-50)45-20-8-3-9-21-45/h2-44H,1H2/b43-42+. The summed E-state index contributed by atoms with van der Waals surface area (Å²) in [5, 5.41) is 0. The van der Waals surface area contributed by atoms with Gasteiger partial charge in [0.25, 0.3) is 0 Å². The summed E-state index contributed by atoms with van der Waals surface area (Å²) >= 11 is 0. The number of nitrogens with zero attached hydrogens (tertiary/aromatic N) is 1. The van der Waals surface area contributed by atoms with Crippen molar-refractivity contribution in [2.45, 2.75) is 5.41 Å². The third-order valence-corrected chi connectivity index (χ3v) is 12.2. The first-order valence-electron chi connectivity index (χ1n) is 21.3. The summed E-state index contributed by atoms with van der Waals surface area (Å²) < 4.78 is 0. The van der Waals surface area contributed by atoms with E-state index in [9.17, 15) is 0 Å². The maximum atomic E-state index is 4.43. The van der Waals surface area contributed by atoms with Crippen molar-refractivity contribution in [2.24, 2.45) is 0 Å². The lowest BCUT2D eigenvalue weighted by Gasteiger charge is -2.35. The molecule has 1 aliphatic rings. The summed E-state index contributed by atoms with van der Waals surface area (Å²) in [6.45, 7) is 4.43. The maximum absolute atomic E-state index is 4.43. The second-order valence-electron chi connectivity index (χ2n) is 15.7. The molecule has 0 unspecified atom stereocenters. The third-order valence-electron chi connectivity index (χ3n) is 12.2. The highest BCUT2D eigenvalue weighted by molar-refractivity contribution is 5.92. The van der Waals surface area contributed by atoms with E-state index < -0.39 is 5.41 Å². The van der Waals surface area contributed by atoms with Gasteiger partial charge in [0.05, 0.1) is 5.41 Å². The van der Waals surface area contributed by atoms with Gasteiger partial charge in [-0.25, -0.2) is 0 Å². The van der Waals surface area contributed by atoms with Gasteiger partial charge in [-0.2, -0.15) is 0 Å². The molecule has 1 nitrogen and oxygen atoms in total. The van der Waals surface area contributed by atoms with Gasteiger partial charge in [-0.1, -0.05) is 231 Å². The van der Waals surface area contributed by atoms with Gasteiger partial charge in [0.2, 0.25) is 0 Å². The van der Waals surface area contributed by atoms with Gasteiger partial charge in [-0.15, -0.1) is 0 Å².